The maximum Gasteiger partial charge on any atom is 0.285 e. The van der Waals surface area contributed by atoms with E-state index in [2.05, 4.69) is 15.2 Å². The average Bonchev–Trinajstić information content (AvgIpc) is 3.36. The molecule has 4 heterocycles. The monoisotopic (exact) mass is 417 g/mol. The van der Waals surface area contributed by atoms with E-state index in [9.17, 15) is 9.59 Å². The molecule has 1 atom stereocenters. The topological polar surface area (TPSA) is 101 Å². The summed E-state index contributed by atoms with van der Waals surface area (Å²) in [6, 6.07) is 11.3. The molecule has 0 radical (unpaired) electrons. The Hall–Kier alpha value is -3.75. The largest absolute Gasteiger partial charge is 0.326 e. The van der Waals surface area contributed by atoms with Crippen LogP contribution in [0.25, 0.3) is 17.0 Å². The van der Waals surface area contributed by atoms with Gasteiger partial charge < -0.3 is 4.90 Å². The second-order valence-electron chi connectivity index (χ2n) is 8.18. The van der Waals surface area contributed by atoms with E-state index < -0.39 is 5.56 Å². The van der Waals surface area contributed by atoms with Crippen molar-refractivity contribution in [1.82, 2.24) is 34.3 Å². The number of fused-ring (bicyclic) bond motifs is 2. The third kappa shape index (κ3) is 3.13. The van der Waals surface area contributed by atoms with Crippen molar-refractivity contribution >= 4 is 11.6 Å². The van der Waals surface area contributed by atoms with Crippen LogP contribution in [0.4, 0.5) is 0 Å². The summed E-state index contributed by atoms with van der Waals surface area (Å²) in [4.78, 5) is 37.2. The molecule has 1 N–H and O–H groups in total. The van der Waals surface area contributed by atoms with Crippen molar-refractivity contribution in [3.8, 4) is 11.4 Å². The van der Waals surface area contributed by atoms with Gasteiger partial charge in [-0.15, -0.1) is 0 Å². The third-order valence-corrected chi connectivity index (χ3v) is 5.63. The Kier molecular flexibility index (Phi) is 4.46. The van der Waals surface area contributed by atoms with Gasteiger partial charge in [0, 0.05) is 30.1 Å². The van der Waals surface area contributed by atoms with E-state index in [4.69, 9.17) is 4.98 Å². The summed E-state index contributed by atoms with van der Waals surface area (Å²) in [5, 5.41) is 7.61. The highest BCUT2D eigenvalue weighted by molar-refractivity contribution is 5.94. The fourth-order valence-electron chi connectivity index (χ4n) is 4.20. The molecule has 1 aliphatic rings. The van der Waals surface area contributed by atoms with Crippen molar-refractivity contribution in [2.24, 2.45) is 5.92 Å². The number of hydrogen-bond acceptors (Lipinski definition) is 5. The molecular formula is C22H23N7O2. The first kappa shape index (κ1) is 19.2. The van der Waals surface area contributed by atoms with Gasteiger partial charge in [0.25, 0.3) is 11.5 Å². The minimum absolute atomic E-state index is 0.0428. The van der Waals surface area contributed by atoms with Crippen LogP contribution in [0.2, 0.25) is 0 Å². The highest BCUT2D eigenvalue weighted by Gasteiger charge is 2.37. The van der Waals surface area contributed by atoms with Crippen molar-refractivity contribution in [3.05, 3.63) is 70.0 Å². The van der Waals surface area contributed by atoms with Gasteiger partial charge in [-0.25, -0.2) is 19.2 Å². The van der Waals surface area contributed by atoms with E-state index in [-0.39, 0.29) is 23.4 Å². The number of aryl methyl sites for hydroxylation is 1. The maximum absolute atomic E-state index is 13.5. The van der Waals surface area contributed by atoms with Crippen LogP contribution in [0, 0.1) is 12.8 Å². The molecule has 0 unspecified atom stereocenters. The van der Waals surface area contributed by atoms with E-state index in [1.54, 1.807) is 11.0 Å². The number of aromatic nitrogens is 6. The van der Waals surface area contributed by atoms with E-state index in [1.807, 2.05) is 55.8 Å². The standard InChI is InChI=1S/C22H23N7O2/c1-13(2)18-20-24-19(15-7-5-4-6-8-15)26-28(20)10-9-27(18)21(30)16-12-23-17-11-14(3)25-29(17)22(16)31/h4-8,11-13,18,25H,9-10H2,1-3H3/t18-/m0/s1. The lowest BCUT2D eigenvalue weighted by molar-refractivity contribution is 0.0534. The van der Waals surface area contributed by atoms with Crippen molar-refractivity contribution in [2.75, 3.05) is 6.54 Å². The van der Waals surface area contributed by atoms with Crippen molar-refractivity contribution in [2.45, 2.75) is 33.4 Å². The first-order valence-corrected chi connectivity index (χ1v) is 10.3. The zero-order valence-corrected chi connectivity index (χ0v) is 17.6. The number of hydrogen-bond donors (Lipinski definition) is 1. The molecule has 158 valence electrons. The van der Waals surface area contributed by atoms with Gasteiger partial charge >= 0.3 is 0 Å². The lowest BCUT2D eigenvalue weighted by atomic mass is 9.99. The summed E-state index contributed by atoms with van der Waals surface area (Å²) in [6.45, 7) is 6.88. The molecule has 1 amide bonds. The lowest BCUT2D eigenvalue weighted by Gasteiger charge is -2.37. The number of carbonyl (C=O) groups is 1. The second kappa shape index (κ2) is 7.19. The molecular weight excluding hydrogens is 394 g/mol. The Morgan fingerprint density at radius 1 is 1.19 bits per heavy atom. The minimum atomic E-state index is -0.400. The fourth-order valence-corrected chi connectivity index (χ4v) is 4.20. The zero-order valence-electron chi connectivity index (χ0n) is 17.6. The molecule has 1 aromatic carbocycles. The van der Waals surface area contributed by atoms with Crippen LogP contribution in [0.5, 0.6) is 0 Å². The quantitative estimate of drug-likeness (QED) is 0.552. The molecule has 9 heteroatoms. The molecule has 0 spiro atoms. The smallest absolute Gasteiger partial charge is 0.285 e. The molecule has 31 heavy (non-hydrogen) atoms. The highest BCUT2D eigenvalue weighted by Crippen LogP contribution is 2.33. The van der Waals surface area contributed by atoms with E-state index in [1.165, 1.54) is 10.7 Å². The van der Waals surface area contributed by atoms with E-state index in [0.29, 0.717) is 24.6 Å². The van der Waals surface area contributed by atoms with Crippen LogP contribution in [0.1, 0.15) is 41.8 Å². The van der Waals surface area contributed by atoms with Crippen LogP contribution in [-0.2, 0) is 6.54 Å². The predicted octanol–water partition coefficient (Wildman–Crippen LogP) is 2.44. The second-order valence-corrected chi connectivity index (χ2v) is 8.18. The number of nitrogens with zero attached hydrogens (tertiary/aromatic N) is 6. The normalized spacial score (nSPS) is 16.1. The first-order chi connectivity index (χ1) is 14.9. The summed E-state index contributed by atoms with van der Waals surface area (Å²) < 4.78 is 3.19. The van der Waals surface area contributed by atoms with Crippen LogP contribution in [0.3, 0.4) is 0 Å². The number of nitrogens with one attached hydrogen (secondary N) is 1. The molecule has 0 aliphatic carbocycles. The van der Waals surface area contributed by atoms with Gasteiger partial charge in [0.1, 0.15) is 5.56 Å². The lowest BCUT2D eigenvalue weighted by Crippen LogP contribution is -2.46. The number of amides is 1. The third-order valence-electron chi connectivity index (χ3n) is 5.63. The predicted molar refractivity (Wildman–Crippen MR) is 115 cm³/mol. The first-order valence-electron chi connectivity index (χ1n) is 10.3. The van der Waals surface area contributed by atoms with Gasteiger partial charge in [-0.2, -0.15) is 5.10 Å². The molecule has 3 aromatic heterocycles. The van der Waals surface area contributed by atoms with Gasteiger partial charge in [-0.05, 0) is 12.8 Å². The number of aromatic amines is 1. The number of rotatable bonds is 3. The van der Waals surface area contributed by atoms with Crippen LogP contribution < -0.4 is 5.56 Å². The summed E-state index contributed by atoms with van der Waals surface area (Å²) in [7, 11) is 0. The number of carbonyl (C=O) groups excluding carboxylic acids is 1. The Morgan fingerprint density at radius 3 is 2.71 bits per heavy atom. The van der Waals surface area contributed by atoms with Gasteiger partial charge in [-0.3, -0.25) is 14.7 Å². The molecule has 1 aliphatic heterocycles. The Morgan fingerprint density at radius 2 is 1.97 bits per heavy atom. The molecule has 0 bridgehead atoms. The molecule has 5 rings (SSSR count). The summed E-state index contributed by atoms with van der Waals surface area (Å²) in [6.07, 6.45) is 1.37. The van der Waals surface area contributed by atoms with Gasteiger partial charge in [0.2, 0.25) is 0 Å². The van der Waals surface area contributed by atoms with Crippen LogP contribution >= 0.6 is 0 Å². The van der Waals surface area contributed by atoms with E-state index >= 15 is 0 Å². The van der Waals surface area contributed by atoms with Gasteiger partial charge in [0.15, 0.2) is 17.3 Å². The highest BCUT2D eigenvalue weighted by atomic mass is 16.2. The maximum atomic E-state index is 13.5. The molecule has 0 saturated carbocycles. The van der Waals surface area contributed by atoms with Gasteiger partial charge in [-0.1, -0.05) is 44.2 Å². The van der Waals surface area contributed by atoms with Crippen molar-refractivity contribution in [1.29, 1.82) is 0 Å². The zero-order chi connectivity index (χ0) is 21.7. The molecule has 4 aromatic rings. The number of benzene rings is 1. The van der Waals surface area contributed by atoms with E-state index in [0.717, 1.165) is 17.1 Å². The Labute approximate surface area is 178 Å². The average molecular weight is 417 g/mol. The molecule has 0 fully saturated rings. The Balaban J connectivity index is 1.55. The number of H-pyrrole nitrogens is 1. The van der Waals surface area contributed by atoms with Gasteiger partial charge in [0.05, 0.1) is 12.6 Å². The molecule has 9 nitrogen and oxygen atoms in total. The summed E-state index contributed by atoms with van der Waals surface area (Å²) >= 11 is 0. The van der Waals surface area contributed by atoms with Crippen molar-refractivity contribution in [3.63, 3.8) is 0 Å². The summed E-state index contributed by atoms with van der Waals surface area (Å²) in [5.41, 5.74) is 1.86. The summed E-state index contributed by atoms with van der Waals surface area (Å²) in [5.74, 6) is 1.12. The van der Waals surface area contributed by atoms with Crippen LogP contribution in [0.15, 0.2) is 47.4 Å². The fraction of sp³-hybridized carbons (Fsp3) is 0.318. The SMILES string of the molecule is Cc1cc2ncc(C(=O)N3CCn4nc(-c5ccccc5)nc4[C@@H]3C(C)C)c(=O)n2[nH]1. The minimum Gasteiger partial charge on any atom is -0.326 e. The molecule has 0 saturated heterocycles. The van der Waals surface area contributed by atoms with Crippen LogP contribution in [-0.4, -0.2) is 46.7 Å². The van der Waals surface area contributed by atoms with Crippen molar-refractivity contribution < 1.29 is 4.79 Å². The Bertz CT molecular complexity index is 1330.